The molecule has 0 bridgehead atoms. The van der Waals surface area contributed by atoms with E-state index >= 15 is 0 Å². The smallest absolute Gasteiger partial charge is 0.243 e. The van der Waals surface area contributed by atoms with Gasteiger partial charge in [0.15, 0.2) is 0 Å². The summed E-state index contributed by atoms with van der Waals surface area (Å²) in [7, 11) is -3.66. The van der Waals surface area contributed by atoms with Gasteiger partial charge in [-0.25, -0.2) is 13.1 Å². The molecule has 2 heterocycles. The summed E-state index contributed by atoms with van der Waals surface area (Å²) in [5.74, 6) is -0.195. The number of hydrogen-bond donors (Lipinski definition) is 1. The predicted octanol–water partition coefficient (Wildman–Crippen LogP) is 3.68. The number of nitrogens with one attached hydrogen (secondary N) is 1. The maximum Gasteiger partial charge on any atom is 0.243 e. The van der Waals surface area contributed by atoms with Crippen LogP contribution in [0.3, 0.4) is 0 Å². The Labute approximate surface area is 201 Å². The van der Waals surface area contributed by atoms with E-state index in [1.807, 2.05) is 16.8 Å². The lowest BCUT2D eigenvalue weighted by molar-refractivity contribution is -0.126. The van der Waals surface area contributed by atoms with Gasteiger partial charge in [-0.15, -0.1) is 5.10 Å². The molecule has 0 unspecified atom stereocenters. The molecule has 1 atom stereocenters. The van der Waals surface area contributed by atoms with Crippen molar-refractivity contribution in [1.29, 1.82) is 0 Å². The first-order valence-corrected chi connectivity index (χ1v) is 13.5. The van der Waals surface area contributed by atoms with Crippen LogP contribution in [0.1, 0.15) is 57.2 Å². The zero-order valence-corrected chi connectivity index (χ0v) is 20.9. The minimum Gasteiger partial charge on any atom is -0.352 e. The molecule has 34 heavy (non-hydrogen) atoms. The number of hydrogen-bond acceptors (Lipinski definition) is 5. The molecule has 0 saturated carbocycles. The van der Waals surface area contributed by atoms with Gasteiger partial charge in [0.05, 0.1) is 16.5 Å². The lowest BCUT2D eigenvalue weighted by atomic mass is 9.97. The maximum absolute atomic E-state index is 13.2. The monoisotopic (exact) mass is 483 g/mol. The summed E-state index contributed by atoms with van der Waals surface area (Å²) in [6.45, 7) is 7.37. The number of carbonyl (C=O) groups is 1. The van der Waals surface area contributed by atoms with Gasteiger partial charge in [0, 0.05) is 25.6 Å². The number of amides is 1. The number of aromatic nitrogens is 3. The van der Waals surface area contributed by atoms with E-state index in [1.165, 1.54) is 9.87 Å². The van der Waals surface area contributed by atoms with Crippen LogP contribution < -0.4 is 5.32 Å². The summed E-state index contributed by atoms with van der Waals surface area (Å²) < 4.78 is 29.8. The van der Waals surface area contributed by atoms with Crippen LogP contribution in [-0.2, 0) is 27.8 Å². The fourth-order valence-corrected chi connectivity index (χ4v) is 5.80. The van der Waals surface area contributed by atoms with Crippen LogP contribution in [-0.4, -0.2) is 46.7 Å². The second-order valence-corrected chi connectivity index (χ2v) is 10.9. The zero-order chi connectivity index (χ0) is 24.3. The summed E-state index contributed by atoms with van der Waals surface area (Å²) in [6, 6.07) is 13.4. The quantitative estimate of drug-likeness (QED) is 0.527. The van der Waals surface area contributed by atoms with Crippen LogP contribution in [0.15, 0.2) is 47.4 Å². The molecule has 2 aromatic carbocycles. The van der Waals surface area contributed by atoms with Crippen molar-refractivity contribution in [3.8, 4) is 0 Å². The molecule has 1 fully saturated rings. The minimum atomic E-state index is -3.66. The highest BCUT2D eigenvalue weighted by molar-refractivity contribution is 7.89. The van der Waals surface area contributed by atoms with Crippen molar-refractivity contribution in [3.05, 3.63) is 53.6 Å². The standard InChI is InChI=1S/C25H33N5O3S/c1-4-18(3)30-24-11-10-22(16-23(24)27-28-30)34(32,33)29-14-12-21(13-15-29)25(31)26-17-20-8-6-19(5-2)7-9-20/h6-11,16,18,21H,4-5,12-15,17H2,1-3H3,(H,26,31)/t18-/m1/s1. The van der Waals surface area contributed by atoms with Gasteiger partial charge in [0.25, 0.3) is 0 Å². The van der Waals surface area contributed by atoms with Crippen molar-refractivity contribution >= 4 is 27.0 Å². The van der Waals surface area contributed by atoms with Gasteiger partial charge in [0.2, 0.25) is 15.9 Å². The first-order chi connectivity index (χ1) is 16.3. The largest absolute Gasteiger partial charge is 0.352 e. The van der Waals surface area contributed by atoms with E-state index in [2.05, 4.69) is 48.5 Å². The van der Waals surface area contributed by atoms with Crippen LogP contribution in [0, 0.1) is 5.92 Å². The summed E-state index contributed by atoms with van der Waals surface area (Å²) in [5, 5.41) is 11.4. The predicted molar refractivity (Wildman–Crippen MR) is 132 cm³/mol. The number of benzene rings is 2. The van der Waals surface area contributed by atoms with Crippen molar-refractivity contribution in [2.24, 2.45) is 5.92 Å². The Kier molecular flexibility index (Phi) is 7.33. The van der Waals surface area contributed by atoms with E-state index in [-0.39, 0.29) is 22.8 Å². The number of piperidine rings is 1. The van der Waals surface area contributed by atoms with Crippen molar-refractivity contribution in [1.82, 2.24) is 24.6 Å². The van der Waals surface area contributed by atoms with Gasteiger partial charge >= 0.3 is 0 Å². The van der Waals surface area contributed by atoms with E-state index in [0.29, 0.717) is 38.0 Å². The highest BCUT2D eigenvalue weighted by atomic mass is 32.2. The zero-order valence-electron chi connectivity index (χ0n) is 20.1. The third-order valence-electron chi connectivity index (χ3n) is 6.81. The van der Waals surface area contributed by atoms with E-state index in [1.54, 1.807) is 18.2 Å². The van der Waals surface area contributed by atoms with Gasteiger partial charge in [0.1, 0.15) is 5.52 Å². The molecule has 0 spiro atoms. The molecule has 9 heteroatoms. The Morgan fingerprint density at radius 1 is 1.09 bits per heavy atom. The van der Waals surface area contributed by atoms with Gasteiger partial charge < -0.3 is 5.32 Å². The molecule has 1 aliphatic rings. The number of sulfonamides is 1. The van der Waals surface area contributed by atoms with Gasteiger partial charge in [-0.05, 0) is 61.9 Å². The number of aryl methyl sites for hydroxylation is 1. The fraction of sp³-hybridized carbons (Fsp3) is 0.480. The van der Waals surface area contributed by atoms with Crippen molar-refractivity contribution < 1.29 is 13.2 Å². The summed E-state index contributed by atoms with van der Waals surface area (Å²) in [4.78, 5) is 12.9. The van der Waals surface area contributed by atoms with Gasteiger partial charge in [-0.2, -0.15) is 4.31 Å². The highest BCUT2D eigenvalue weighted by Crippen LogP contribution is 2.27. The molecule has 0 aliphatic carbocycles. The van der Waals surface area contributed by atoms with E-state index in [0.717, 1.165) is 23.9 Å². The normalized spacial score (nSPS) is 16.6. The Balaban J connectivity index is 1.36. The molecule has 1 amide bonds. The summed E-state index contributed by atoms with van der Waals surface area (Å²) >= 11 is 0. The minimum absolute atomic E-state index is 0.0142. The van der Waals surface area contributed by atoms with E-state index < -0.39 is 10.0 Å². The number of fused-ring (bicyclic) bond motifs is 1. The molecule has 0 radical (unpaired) electrons. The summed E-state index contributed by atoms with van der Waals surface area (Å²) in [5.41, 5.74) is 3.73. The number of nitrogens with zero attached hydrogens (tertiary/aromatic N) is 4. The number of rotatable bonds is 8. The average molecular weight is 484 g/mol. The average Bonchev–Trinajstić information content (AvgIpc) is 3.30. The van der Waals surface area contributed by atoms with E-state index in [9.17, 15) is 13.2 Å². The molecule has 4 rings (SSSR count). The Bertz CT molecular complexity index is 1250. The van der Waals surface area contributed by atoms with Crippen LogP contribution in [0.5, 0.6) is 0 Å². The van der Waals surface area contributed by atoms with Gasteiger partial charge in [-0.3, -0.25) is 4.79 Å². The molecule has 8 nitrogen and oxygen atoms in total. The molecule has 1 N–H and O–H groups in total. The molecule has 1 aromatic heterocycles. The molecular formula is C25H33N5O3S. The first kappa shape index (κ1) is 24.3. The maximum atomic E-state index is 13.2. The Morgan fingerprint density at radius 2 is 1.76 bits per heavy atom. The molecule has 1 aliphatic heterocycles. The fourth-order valence-electron chi connectivity index (χ4n) is 4.31. The molecule has 1 saturated heterocycles. The van der Waals surface area contributed by atoms with Crippen LogP contribution >= 0.6 is 0 Å². The van der Waals surface area contributed by atoms with Crippen molar-refractivity contribution in [2.45, 2.75) is 63.9 Å². The third kappa shape index (κ3) is 5.00. The second kappa shape index (κ2) is 10.2. The third-order valence-corrected chi connectivity index (χ3v) is 8.71. The SMILES string of the molecule is CCc1ccc(CNC(=O)C2CCN(S(=O)(=O)c3ccc4c(c3)nnn4[C@H](C)CC)CC2)cc1. The lowest BCUT2D eigenvalue weighted by Crippen LogP contribution is -2.42. The topological polar surface area (TPSA) is 97.2 Å². The summed E-state index contributed by atoms with van der Waals surface area (Å²) in [6.07, 6.45) is 2.91. The van der Waals surface area contributed by atoms with Crippen molar-refractivity contribution in [2.75, 3.05) is 13.1 Å². The van der Waals surface area contributed by atoms with E-state index in [4.69, 9.17) is 0 Å². The lowest BCUT2D eigenvalue weighted by Gasteiger charge is -2.30. The van der Waals surface area contributed by atoms with Crippen LogP contribution in [0.4, 0.5) is 0 Å². The van der Waals surface area contributed by atoms with Crippen molar-refractivity contribution in [3.63, 3.8) is 0 Å². The van der Waals surface area contributed by atoms with Crippen LogP contribution in [0.2, 0.25) is 0 Å². The second-order valence-electron chi connectivity index (χ2n) is 9.01. The highest BCUT2D eigenvalue weighted by Gasteiger charge is 2.32. The molecule has 3 aromatic rings. The van der Waals surface area contributed by atoms with Gasteiger partial charge in [-0.1, -0.05) is 43.3 Å². The molecular weight excluding hydrogens is 450 g/mol. The Morgan fingerprint density at radius 3 is 2.41 bits per heavy atom. The molecule has 182 valence electrons. The van der Waals surface area contributed by atoms with Crippen LogP contribution in [0.25, 0.3) is 11.0 Å². The number of carbonyl (C=O) groups excluding carboxylic acids is 1. The first-order valence-electron chi connectivity index (χ1n) is 12.0. The Hall–Kier alpha value is -2.78.